The molecule has 0 fully saturated rings. The largest absolute Gasteiger partial charge is 0.451 e. The highest BCUT2D eigenvalue weighted by Gasteiger charge is 2.21. The number of nitrogens with zero attached hydrogens (tertiary/aromatic N) is 2. The molecule has 0 saturated carbocycles. The highest BCUT2D eigenvalue weighted by Crippen LogP contribution is 2.16. The Hall–Kier alpha value is -3.28. The van der Waals surface area contributed by atoms with Crippen molar-refractivity contribution in [3.63, 3.8) is 0 Å². The van der Waals surface area contributed by atoms with E-state index in [0.29, 0.717) is 28.8 Å². The monoisotopic (exact) mass is 378 g/mol. The molecule has 2 aromatic carbocycles. The van der Waals surface area contributed by atoms with E-state index in [-0.39, 0.29) is 16.9 Å². The van der Waals surface area contributed by atoms with E-state index in [2.05, 4.69) is 4.98 Å². The van der Waals surface area contributed by atoms with E-state index in [1.807, 2.05) is 26.0 Å². The number of fused-ring (bicyclic) bond motifs is 1. The fourth-order valence-electron chi connectivity index (χ4n) is 3.05. The zero-order chi connectivity index (χ0) is 20.4. The van der Waals surface area contributed by atoms with E-state index in [1.54, 1.807) is 48.7 Å². The third kappa shape index (κ3) is 3.71. The molecule has 0 unspecified atom stereocenters. The molecular weight excluding hydrogens is 356 g/mol. The minimum atomic E-state index is -0.912. The lowest BCUT2D eigenvalue weighted by Gasteiger charge is -2.13. The molecular formula is C22H22N2O4. The Morgan fingerprint density at radius 3 is 2.36 bits per heavy atom. The molecule has 1 heterocycles. The van der Waals surface area contributed by atoms with Gasteiger partial charge in [-0.05, 0) is 45.9 Å². The summed E-state index contributed by atoms with van der Waals surface area (Å²) in [5.74, 6) is -0.869. The minimum absolute atomic E-state index is 0.150. The number of Topliss-reactive ketones (excluding diaryl/α,β-unsaturated/α-hetero) is 1. The topological polar surface area (TPSA) is 78.3 Å². The van der Waals surface area contributed by atoms with Crippen molar-refractivity contribution in [1.29, 1.82) is 0 Å². The van der Waals surface area contributed by atoms with E-state index in [1.165, 1.54) is 0 Å². The van der Waals surface area contributed by atoms with Crippen LogP contribution >= 0.6 is 0 Å². The third-order valence-electron chi connectivity index (χ3n) is 4.65. The molecule has 6 heteroatoms. The number of aromatic nitrogens is 2. The van der Waals surface area contributed by atoms with Crippen molar-refractivity contribution in [3.05, 3.63) is 75.2 Å². The highest BCUT2D eigenvalue weighted by molar-refractivity contribution is 6.01. The number of rotatable bonds is 5. The van der Waals surface area contributed by atoms with Crippen LogP contribution < -0.4 is 5.56 Å². The van der Waals surface area contributed by atoms with Gasteiger partial charge >= 0.3 is 5.97 Å². The van der Waals surface area contributed by atoms with Crippen LogP contribution in [0.4, 0.5) is 0 Å². The van der Waals surface area contributed by atoms with Crippen molar-refractivity contribution >= 4 is 22.8 Å². The van der Waals surface area contributed by atoms with Gasteiger partial charge in [-0.25, -0.2) is 9.78 Å². The molecule has 3 aromatic rings. The number of esters is 1. The Morgan fingerprint density at radius 1 is 1.07 bits per heavy atom. The van der Waals surface area contributed by atoms with Gasteiger partial charge in [-0.2, -0.15) is 0 Å². The van der Waals surface area contributed by atoms with Crippen LogP contribution in [-0.4, -0.2) is 27.4 Å². The van der Waals surface area contributed by atoms with Gasteiger partial charge in [0.25, 0.3) is 5.56 Å². The lowest BCUT2D eigenvalue weighted by Crippen LogP contribution is -2.25. The predicted octanol–water partition coefficient (Wildman–Crippen LogP) is 3.46. The summed E-state index contributed by atoms with van der Waals surface area (Å²) in [6, 6.07) is 12.0. The van der Waals surface area contributed by atoms with E-state index in [9.17, 15) is 14.4 Å². The SMILES string of the molecule is CCn1c(=O)c(C)nc2cc(C(=O)O[C@H](C)C(=O)c3ccc(C)cc3)ccc21. The minimum Gasteiger partial charge on any atom is -0.451 e. The summed E-state index contributed by atoms with van der Waals surface area (Å²) in [7, 11) is 0. The zero-order valence-corrected chi connectivity index (χ0v) is 16.4. The first kappa shape index (κ1) is 19.5. The number of carbonyl (C=O) groups is 2. The van der Waals surface area contributed by atoms with Gasteiger partial charge in [-0.3, -0.25) is 9.59 Å². The molecule has 0 N–H and O–H groups in total. The molecule has 6 nitrogen and oxygen atoms in total. The number of ether oxygens (including phenoxy) is 1. The van der Waals surface area contributed by atoms with E-state index < -0.39 is 12.1 Å². The van der Waals surface area contributed by atoms with Gasteiger partial charge in [-0.1, -0.05) is 29.8 Å². The maximum absolute atomic E-state index is 12.5. The Labute approximate surface area is 162 Å². The third-order valence-corrected chi connectivity index (χ3v) is 4.65. The van der Waals surface area contributed by atoms with Crippen molar-refractivity contribution in [2.45, 2.75) is 40.3 Å². The molecule has 0 bridgehead atoms. The molecule has 0 aliphatic carbocycles. The number of ketones is 1. The molecule has 0 saturated heterocycles. The van der Waals surface area contributed by atoms with Crippen LogP contribution in [0.15, 0.2) is 47.3 Å². The molecule has 3 rings (SSSR count). The van der Waals surface area contributed by atoms with Gasteiger partial charge in [0.2, 0.25) is 5.78 Å². The molecule has 0 spiro atoms. The highest BCUT2D eigenvalue weighted by atomic mass is 16.5. The summed E-state index contributed by atoms with van der Waals surface area (Å²) < 4.78 is 6.96. The van der Waals surface area contributed by atoms with Gasteiger partial charge in [0.1, 0.15) is 5.69 Å². The Bertz CT molecular complexity index is 1110. The smallest absolute Gasteiger partial charge is 0.338 e. The van der Waals surface area contributed by atoms with Crippen molar-refractivity contribution in [1.82, 2.24) is 9.55 Å². The standard InChI is InChI=1S/C22H22N2O4/c1-5-24-19-11-10-17(12-18(19)23-14(3)21(24)26)22(27)28-15(4)20(25)16-8-6-13(2)7-9-16/h6-12,15H,5H2,1-4H3/t15-/m1/s1. The average Bonchev–Trinajstić information content (AvgIpc) is 2.68. The van der Waals surface area contributed by atoms with Crippen LogP contribution in [0.5, 0.6) is 0 Å². The molecule has 0 aliphatic heterocycles. The first-order valence-corrected chi connectivity index (χ1v) is 9.15. The first-order chi connectivity index (χ1) is 13.3. The van der Waals surface area contributed by atoms with Crippen LogP contribution in [0.25, 0.3) is 11.0 Å². The van der Waals surface area contributed by atoms with Gasteiger partial charge in [0.05, 0.1) is 16.6 Å². The zero-order valence-electron chi connectivity index (χ0n) is 16.4. The molecule has 1 atom stereocenters. The lowest BCUT2D eigenvalue weighted by molar-refractivity contribution is 0.0319. The fraction of sp³-hybridized carbons (Fsp3) is 0.273. The van der Waals surface area contributed by atoms with Gasteiger partial charge in [-0.15, -0.1) is 0 Å². The van der Waals surface area contributed by atoms with Gasteiger partial charge < -0.3 is 9.30 Å². The summed E-state index contributed by atoms with van der Waals surface area (Å²) in [6.45, 7) is 7.51. The lowest BCUT2D eigenvalue weighted by atomic mass is 10.1. The second kappa shape index (κ2) is 7.76. The fourth-order valence-corrected chi connectivity index (χ4v) is 3.05. The molecule has 0 radical (unpaired) electrons. The van der Waals surface area contributed by atoms with Gasteiger partial charge in [0.15, 0.2) is 6.10 Å². The van der Waals surface area contributed by atoms with Crippen LogP contribution in [0.3, 0.4) is 0 Å². The van der Waals surface area contributed by atoms with E-state index in [4.69, 9.17) is 4.74 Å². The molecule has 144 valence electrons. The van der Waals surface area contributed by atoms with Crippen LogP contribution in [0.2, 0.25) is 0 Å². The molecule has 1 aromatic heterocycles. The molecule has 0 aliphatic rings. The van der Waals surface area contributed by atoms with Crippen LogP contribution in [0.1, 0.15) is 45.8 Å². The first-order valence-electron chi connectivity index (χ1n) is 9.15. The quantitative estimate of drug-likeness (QED) is 0.502. The number of hydrogen-bond acceptors (Lipinski definition) is 5. The van der Waals surface area contributed by atoms with Gasteiger partial charge in [0, 0.05) is 12.1 Å². The summed E-state index contributed by atoms with van der Waals surface area (Å²) in [4.78, 5) is 41.5. The average molecular weight is 378 g/mol. The Balaban J connectivity index is 1.85. The predicted molar refractivity (Wildman–Crippen MR) is 107 cm³/mol. The van der Waals surface area contributed by atoms with Crippen LogP contribution in [-0.2, 0) is 11.3 Å². The maximum atomic E-state index is 12.5. The summed E-state index contributed by atoms with van der Waals surface area (Å²) >= 11 is 0. The Morgan fingerprint density at radius 2 is 1.71 bits per heavy atom. The van der Waals surface area contributed by atoms with Crippen molar-refractivity contribution in [3.8, 4) is 0 Å². The molecule has 28 heavy (non-hydrogen) atoms. The number of hydrogen-bond donors (Lipinski definition) is 0. The number of aryl methyl sites for hydroxylation is 3. The number of benzene rings is 2. The summed E-state index contributed by atoms with van der Waals surface area (Å²) in [5, 5.41) is 0. The van der Waals surface area contributed by atoms with Crippen LogP contribution in [0, 0.1) is 13.8 Å². The van der Waals surface area contributed by atoms with Crippen molar-refractivity contribution < 1.29 is 14.3 Å². The Kier molecular flexibility index (Phi) is 5.40. The second-order valence-electron chi connectivity index (χ2n) is 6.73. The normalized spacial score (nSPS) is 12.0. The number of carbonyl (C=O) groups excluding carboxylic acids is 2. The molecule has 0 amide bonds. The summed E-state index contributed by atoms with van der Waals surface area (Å²) in [5.41, 5.74) is 3.22. The van der Waals surface area contributed by atoms with E-state index in [0.717, 1.165) is 5.56 Å². The van der Waals surface area contributed by atoms with Crippen molar-refractivity contribution in [2.24, 2.45) is 0 Å². The second-order valence-corrected chi connectivity index (χ2v) is 6.73. The van der Waals surface area contributed by atoms with E-state index >= 15 is 0 Å². The summed E-state index contributed by atoms with van der Waals surface area (Å²) in [6.07, 6.45) is -0.912. The maximum Gasteiger partial charge on any atom is 0.338 e. The van der Waals surface area contributed by atoms with Crippen molar-refractivity contribution in [2.75, 3.05) is 0 Å².